The molecule has 0 aliphatic heterocycles. The lowest BCUT2D eigenvalue weighted by atomic mass is 9.96. The largest absolute Gasteiger partial charge is 0.326 e. The summed E-state index contributed by atoms with van der Waals surface area (Å²) in [6, 6.07) is 8.77. The Kier molecular flexibility index (Phi) is 5.93. The highest BCUT2D eigenvalue weighted by Crippen LogP contribution is 2.29. The second-order valence-electron chi connectivity index (χ2n) is 5.21. The third-order valence-corrected chi connectivity index (χ3v) is 5.18. The highest BCUT2D eigenvalue weighted by Gasteiger charge is 2.25. The van der Waals surface area contributed by atoms with Crippen molar-refractivity contribution >= 4 is 27.3 Å². The number of likely N-dealkylation sites (N-methyl/N-ethyl adjacent to an activating group) is 1. The van der Waals surface area contributed by atoms with E-state index >= 15 is 0 Å². The van der Waals surface area contributed by atoms with Crippen molar-refractivity contribution in [3.8, 4) is 0 Å². The molecule has 2 aromatic rings. The van der Waals surface area contributed by atoms with Gasteiger partial charge in [-0.3, -0.25) is 4.90 Å². The van der Waals surface area contributed by atoms with Gasteiger partial charge in [-0.2, -0.15) is 0 Å². The zero-order valence-electron chi connectivity index (χ0n) is 12.2. The van der Waals surface area contributed by atoms with Crippen LogP contribution in [-0.4, -0.2) is 18.0 Å². The minimum absolute atomic E-state index is 0.103. The highest BCUT2D eigenvalue weighted by molar-refractivity contribution is 9.11. The van der Waals surface area contributed by atoms with E-state index in [0.717, 1.165) is 16.8 Å². The second kappa shape index (κ2) is 7.49. The maximum Gasteiger partial charge on any atom is 0.128 e. The van der Waals surface area contributed by atoms with Gasteiger partial charge >= 0.3 is 0 Å². The third kappa shape index (κ3) is 4.13. The first-order valence-corrected chi connectivity index (χ1v) is 8.63. The molecule has 0 radical (unpaired) electrons. The van der Waals surface area contributed by atoms with E-state index in [9.17, 15) is 4.39 Å². The summed E-state index contributed by atoms with van der Waals surface area (Å²) in [5.74, 6) is -0.190. The van der Waals surface area contributed by atoms with Gasteiger partial charge in [0.15, 0.2) is 0 Å². The fourth-order valence-corrected chi connectivity index (χ4v) is 3.75. The lowest BCUT2D eigenvalue weighted by molar-refractivity contribution is 0.197. The van der Waals surface area contributed by atoms with E-state index in [1.165, 1.54) is 11.6 Å². The summed E-state index contributed by atoms with van der Waals surface area (Å²) in [6.07, 6.45) is 0.802. The molecule has 0 aliphatic carbocycles. The summed E-state index contributed by atoms with van der Waals surface area (Å²) in [6.45, 7) is 2.78. The van der Waals surface area contributed by atoms with Crippen LogP contribution in [0.5, 0.6) is 0 Å². The molecule has 0 aliphatic rings. The van der Waals surface area contributed by atoms with Crippen molar-refractivity contribution in [2.24, 2.45) is 5.73 Å². The molecule has 2 rings (SSSR count). The molecule has 0 saturated heterocycles. The van der Waals surface area contributed by atoms with Crippen LogP contribution in [0.1, 0.15) is 30.5 Å². The Morgan fingerprint density at radius 2 is 2.10 bits per heavy atom. The quantitative estimate of drug-likeness (QED) is 0.807. The van der Waals surface area contributed by atoms with Crippen molar-refractivity contribution in [2.45, 2.75) is 32.0 Å². The van der Waals surface area contributed by atoms with Gasteiger partial charge in [-0.25, -0.2) is 4.39 Å². The molecule has 1 aromatic carbocycles. The fraction of sp³-hybridized carbons (Fsp3) is 0.375. The Balaban J connectivity index is 2.25. The van der Waals surface area contributed by atoms with E-state index in [2.05, 4.69) is 32.3 Å². The van der Waals surface area contributed by atoms with E-state index in [1.54, 1.807) is 17.4 Å². The van der Waals surface area contributed by atoms with E-state index in [0.29, 0.717) is 5.56 Å². The maximum atomic E-state index is 14.2. The number of benzene rings is 1. The predicted molar refractivity (Wildman–Crippen MR) is 90.9 cm³/mol. The smallest absolute Gasteiger partial charge is 0.128 e. The maximum absolute atomic E-state index is 14.2. The van der Waals surface area contributed by atoms with E-state index in [-0.39, 0.29) is 17.9 Å². The van der Waals surface area contributed by atoms with Crippen LogP contribution in [0.3, 0.4) is 0 Å². The minimum atomic E-state index is -0.190. The molecule has 21 heavy (non-hydrogen) atoms. The standard InChI is InChI=1S/C16H20BrFN2S/c1-3-14(19)16(12-6-4-5-7-13(12)18)20(2)9-11-8-15(17)21-10-11/h4-8,10,14,16H,3,9,19H2,1-2H3. The number of rotatable bonds is 6. The predicted octanol–water partition coefficient (Wildman–Crippen LogP) is 4.56. The van der Waals surface area contributed by atoms with Crippen molar-refractivity contribution < 1.29 is 4.39 Å². The SMILES string of the molecule is CCC(N)C(c1ccccc1F)N(C)Cc1csc(Br)c1. The molecule has 5 heteroatoms. The van der Waals surface area contributed by atoms with Gasteiger partial charge in [0.05, 0.1) is 9.83 Å². The molecule has 0 bridgehead atoms. The monoisotopic (exact) mass is 370 g/mol. The van der Waals surface area contributed by atoms with Gasteiger partial charge in [-0.05, 0) is 52.5 Å². The van der Waals surface area contributed by atoms with Crippen molar-refractivity contribution in [1.29, 1.82) is 0 Å². The van der Waals surface area contributed by atoms with Crippen LogP contribution in [0.4, 0.5) is 4.39 Å². The topological polar surface area (TPSA) is 29.3 Å². The Hall–Kier alpha value is -0.750. The van der Waals surface area contributed by atoms with Crippen molar-refractivity contribution in [3.63, 3.8) is 0 Å². The average molecular weight is 371 g/mol. The van der Waals surface area contributed by atoms with Crippen LogP contribution in [0.2, 0.25) is 0 Å². The van der Waals surface area contributed by atoms with Gasteiger partial charge in [-0.15, -0.1) is 11.3 Å². The molecule has 0 amide bonds. The first kappa shape index (κ1) is 16.6. The summed E-state index contributed by atoms with van der Waals surface area (Å²) >= 11 is 5.13. The molecular weight excluding hydrogens is 351 g/mol. The number of hydrogen-bond acceptors (Lipinski definition) is 3. The molecule has 1 heterocycles. The summed E-state index contributed by atoms with van der Waals surface area (Å²) in [4.78, 5) is 2.13. The first-order valence-electron chi connectivity index (χ1n) is 6.96. The van der Waals surface area contributed by atoms with E-state index in [4.69, 9.17) is 5.73 Å². The highest BCUT2D eigenvalue weighted by atomic mass is 79.9. The molecule has 0 spiro atoms. The van der Waals surface area contributed by atoms with Crippen LogP contribution in [-0.2, 0) is 6.54 Å². The van der Waals surface area contributed by atoms with Gasteiger partial charge in [0.2, 0.25) is 0 Å². The lowest BCUT2D eigenvalue weighted by Gasteiger charge is -2.32. The number of nitrogens with two attached hydrogens (primary N) is 1. The number of thiophene rings is 1. The van der Waals surface area contributed by atoms with Gasteiger partial charge in [0.1, 0.15) is 5.82 Å². The second-order valence-corrected chi connectivity index (χ2v) is 7.50. The van der Waals surface area contributed by atoms with Crippen LogP contribution < -0.4 is 5.73 Å². The summed E-state index contributed by atoms with van der Waals surface area (Å²) in [5.41, 5.74) is 8.14. The minimum Gasteiger partial charge on any atom is -0.326 e. The van der Waals surface area contributed by atoms with Crippen LogP contribution in [0.15, 0.2) is 39.5 Å². The van der Waals surface area contributed by atoms with Crippen molar-refractivity contribution in [3.05, 3.63) is 56.4 Å². The molecule has 1 aromatic heterocycles. The zero-order chi connectivity index (χ0) is 15.4. The molecule has 2 atom stereocenters. The van der Waals surface area contributed by atoms with Crippen molar-refractivity contribution in [1.82, 2.24) is 4.90 Å². The summed E-state index contributed by atoms with van der Waals surface area (Å²) in [7, 11) is 2.00. The molecule has 0 fully saturated rings. The van der Waals surface area contributed by atoms with Crippen molar-refractivity contribution in [2.75, 3.05) is 7.05 Å². The number of nitrogens with zero attached hydrogens (tertiary/aromatic N) is 1. The third-order valence-electron chi connectivity index (χ3n) is 3.63. The Bertz CT molecular complexity index is 587. The fourth-order valence-electron chi connectivity index (χ4n) is 2.55. The lowest BCUT2D eigenvalue weighted by Crippen LogP contribution is -2.39. The average Bonchev–Trinajstić information content (AvgIpc) is 2.86. The summed E-state index contributed by atoms with van der Waals surface area (Å²) < 4.78 is 15.3. The van der Waals surface area contributed by atoms with Gasteiger partial charge in [0, 0.05) is 18.2 Å². The molecule has 0 saturated carbocycles. The molecular formula is C16H20BrFN2S. The molecule has 114 valence electrons. The Morgan fingerprint density at radius 1 is 1.38 bits per heavy atom. The van der Waals surface area contributed by atoms with E-state index < -0.39 is 0 Å². The number of halogens is 2. The Morgan fingerprint density at radius 3 is 2.67 bits per heavy atom. The van der Waals surface area contributed by atoms with Crippen LogP contribution in [0.25, 0.3) is 0 Å². The van der Waals surface area contributed by atoms with Gasteiger partial charge < -0.3 is 5.73 Å². The normalized spacial score (nSPS) is 14.4. The van der Waals surface area contributed by atoms with Gasteiger partial charge in [-0.1, -0.05) is 25.1 Å². The Labute approximate surface area is 137 Å². The van der Waals surface area contributed by atoms with E-state index in [1.807, 2.05) is 26.1 Å². The molecule has 2 nitrogen and oxygen atoms in total. The van der Waals surface area contributed by atoms with Crippen LogP contribution >= 0.6 is 27.3 Å². The molecule has 2 N–H and O–H groups in total. The zero-order valence-corrected chi connectivity index (χ0v) is 14.6. The van der Waals surface area contributed by atoms with Gasteiger partial charge in [0.25, 0.3) is 0 Å². The first-order chi connectivity index (χ1) is 10.0. The summed E-state index contributed by atoms with van der Waals surface area (Å²) in [5, 5.41) is 2.11. The van der Waals surface area contributed by atoms with Crippen LogP contribution in [0, 0.1) is 5.82 Å². The number of hydrogen-bond donors (Lipinski definition) is 1. The molecule has 2 unspecified atom stereocenters.